The molecule has 0 aromatic rings. The molecular formula is C74H144O17P2. The van der Waals surface area contributed by atoms with Crippen LogP contribution in [0.15, 0.2) is 0 Å². The highest BCUT2D eigenvalue weighted by atomic mass is 31.2. The van der Waals surface area contributed by atoms with Gasteiger partial charge in [-0.15, -0.1) is 0 Å². The van der Waals surface area contributed by atoms with Gasteiger partial charge in [-0.05, 0) is 31.6 Å². The predicted molar refractivity (Wildman–Crippen MR) is 377 cm³/mol. The molecule has 0 saturated carbocycles. The molecule has 0 aliphatic heterocycles. The first-order valence-corrected chi connectivity index (χ1v) is 41.6. The first-order chi connectivity index (χ1) is 45.0. The smallest absolute Gasteiger partial charge is 0.462 e. The van der Waals surface area contributed by atoms with Crippen LogP contribution in [0.2, 0.25) is 0 Å². The molecule has 0 aromatic carbocycles. The van der Waals surface area contributed by atoms with Gasteiger partial charge in [0.25, 0.3) is 0 Å². The van der Waals surface area contributed by atoms with Crippen molar-refractivity contribution in [1.82, 2.24) is 0 Å². The van der Waals surface area contributed by atoms with Gasteiger partial charge in [0.1, 0.15) is 19.3 Å². The van der Waals surface area contributed by atoms with Crippen LogP contribution >= 0.6 is 15.6 Å². The second-order valence-electron chi connectivity index (χ2n) is 27.2. The van der Waals surface area contributed by atoms with E-state index in [9.17, 15) is 43.2 Å². The third kappa shape index (κ3) is 68.4. The lowest BCUT2D eigenvalue weighted by Gasteiger charge is -2.21. The summed E-state index contributed by atoms with van der Waals surface area (Å²) >= 11 is 0. The van der Waals surface area contributed by atoms with Crippen LogP contribution in [0.4, 0.5) is 0 Å². The monoisotopic (exact) mass is 1370 g/mol. The second-order valence-corrected chi connectivity index (χ2v) is 30.1. The highest BCUT2D eigenvalue weighted by Crippen LogP contribution is 2.45. The number of ether oxygens (including phenoxy) is 4. The van der Waals surface area contributed by atoms with Gasteiger partial charge in [0.15, 0.2) is 12.2 Å². The number of phosphoric ester groups is 2. The molecule has 5 atom stereocenters. The summed E-state index contributed by atoms with van der Waals surface area (Å²) in [7, 11) is -9.90. The maximum absolute atomic E-state index is 13.1. The normalized spacial score (nSPS) is 14.0. The summed E-state index contributed by atoms with van der Waals surface area (Å²) in [5, 5.41) is 10.6. The summed E-state index contributed by atoms with van der Waals surface area (Å²) in [6.07, 6.45) is 55.4. The summed E-state index contributed by atoms with van der Waals surface area (Å²) in [6, 6.07) is 0. The molecule has 17 nitrogen and oxygen atoms in total. The molecule has 0 aliphatic rings. The molecule has 0 rings (SSSR count). The number of carbonyl (C=O) groups is 4. The predicted octanol–water partition coefficient (Wildman–Crippen LogP) is 21.7. The fourth-order valence-electron chi connectivity index (χ4n) is 11.4. The zero-order valence-electron chi connectivity index (χ0n) is 60.4. The Hall–Kier alpha value is -1.94. The highest BCUT2D eigenvalue weighted by Gasteiger charge is 2.30. The number of unbranched alkanes of at least 4 members (excludes halogenated alkanes) is 46. The van der Waals surface area contributed by atoms with E-state index in [1.54, 1.807) is 0 Å². The van der Waals surface area contributed by atoms with Crippen LogP contribution < -0.4 is 0 Å². The molecule has 0 aliphatic carbocycles. The molecule has 2 unspecified atom stereocenters. The fourth-order valence-corrected chi connectivity index (χ4v) is 12.9. The van der Waals surface area contributed by atoms with Crippen molar-refractivity contribution in [2.45, 2.75) is 406 Å². The van der Waals surface area contributed by atoms with E-state index in [0.29, 0.717) is 25.7 Å². The number of hydrogen-bond acceptors (Lipinski definition) is 15. The van der Waals surface area contributed by atoms with Gasteiger partial charge in [0.05, 0.1) is 26.4 Å². The van der Waals surface area contributed by atoms with Crippen LogP contribution in [0.25, 0.3) is 0 Å². The maximum atomic E-state index is 13.1. The summed E-state index contributed by atoms with van der Waals surface area (Å²) in [6.45, 7) is 7.30. The van der Waals surface area contributed by atoms with Crippen molar-refractivity contribution < 1.29 is 80.2 Å². The van der Waals surface area contributed by atoms with Crippen LogP contribution in [-0.2, 0) is 65.4 Å². The summed E-state index contributed by atoms with van der Waals surface area (Å²) in [4.78, 5) is 72.6. The molecule has 0 amide bonds. The van der Waals surface area contributed by atoms with Gasteiger partial charge in [-0.2, -0.15) is 0 Å². The van der Waals surface area contributed by atoms with Crippen molar-refractivity contribution in [3.8, 4) is 0 Å². The van der Waals surface area contributed by atoms with E-state index in [-0.39, 0.29) is 25.7 Å². The van der Waals surface area contributed by atoms with E-state index in [0.717, 1.165) is 95.8 Å². The number of aliphatic hydroxyl groups excluding tert-OH is 1. The molecular weight excluding hydrogens is 1220 g/mol. The highest BCUT2D eigenvalue weighted by molar-refractivity contribution is 7.47. The standard InChI is InChI=1S/C74H144O17P2/c1-6-9-12-15-18-21-32-38-43-48-53-58-72(77)85-64-70(91-74(79)60-55-50-45-40-35-31-29-27-25-24-26-28-30-34-36-41-46-51-56-67(4)5)66-89-93(82,83)87-62-68(75)61-86-92(80,81)88-65-69(63-84-71(76)57-52-47-42-37-23-20-17-14-11-8-3)90-73(78)59-54-49-44-39-33-22-19-16-13-10-7-2/h67-70,75H,6-66H2,1-5H3,(H,80,81)(H,82,83)/t68-,69+,70+/m0/s1. The van der Waals surface area contributed by atoms with Crippen LogP contribution in [0.3, 0.4) is 0 Å². The molecule has 0 radical (unpaired) electrons. The van der Waals surface area contributed by atoms with Gasteiger partial charge in [-0.25, -0.2) is 9.13 Å². The summed E-state index contributed by atoms with van der Waals surface area (Å²) < 4.78 is 68.4. The average Bonchev–Trinajstić information content (AvgIpc) is 2.96. The first kappa shape index (κ1) is 91.1. The molecule has 93 heavy (non-hydrogen) atoms. The lowest BCUT2D eigenvalue weighted by molar-refractivity contribution is -0.161. The van der Waals surface area contributed by atoms with E-state index in [1.165, 1.54) is 212 Å². The van der Waals surface area contributed by atoms with E-state index in [2.05, 4.69) is 34.6 Å². The maximum Gasteiger partial charge on any atom is 0.472 e. The topological polar surface area (TPSA) is 237 Å². The Bertz CT molecular complexity index is 1790. The van der Waals surface area contributed by atoms with E-state index < -0.39 is 97.5 Å². The Morgan fingerprint density at radius 1 is 0.290 bits per heavy atom. The number of hydrogen-bond donors (Lipinski definition) is 3. The Morgan fingerprint density at radius 2 is 0.495 bits per heavy atom. The molecule has 0 saturated heterocycles. The van der Waals surface area contributed by atoms with E-state index in [1.807, 2.05) is 0 Å². The lowest BCUT2D eigenvalue weighted by Crippen LogP contribution is -2.30. The third-order valence-electron chi connectivity index (χ3n) is 17.3. The van der Waals surface area contributed by atoms with Gasteiger partial charge in [-0.3, -0.25) is 37.3 Å². The molecule has 0 aromatic heterocycles. The Balaban J connectivity index is 5.17. The van der Waals surface area contributed by atoms with Gasteiger partial charge >= 0.3 is 39.5 Å². The van der Waals surface area contributed by atoms with Crippen molar-refractivity contribution in [2.24, 2.45) is 5.92 Å². The zero-order valence-corrected chi connectivity index (χ0v) is 62.2. The van der Waals surface area contributed by atoms with Crippen LogP contribution in [0, 0.1) is 5.92 Å². The van der Waals surface area contributed by atoms with Crippen LogP contribution in [0.5, 0.6) is 0 Å². The molecule has 0 heterocycles. The Labute approximate surface area is 568 Å². The van der Waals surface area contributed by atoms with E-state index in [4.69, 9.17) is 37.0 Å². The molecule has 3 N–H and O–H groups in total. The van der Waals surface area contributed by atoms with Crippen molar-refractivity contribution in [3.63, 3.8) is 0 Å². The van der Waals surface area contributed by atoms with Crippen molar-refractivity contribution in [2.75, 3.05) is 39.6 Å². The van der Waals surface area contributed by atoms with Crippen molar-refractivity contribution in [3.05, 3.63) is 0 Å². The minimum Gasteiger partial charge on any atom is -0.462 e. The number of phosphoric acid groups is 2. The van der Waals surface area contributed by atoms with Crippen molar-refractivity contribution >= 4 is 39.5 Å². The molecule has 552 valence electrons. The first-order valence-electron chi connectivity index (χ1n) is 38.6. The number of aliphatic hydroxyl groups is 1. The lowest BCUT2D eigenvalue weighted by atomic mass is 10.0. The van der Waals surface area contributed by atoms with Gasteiger partial charge in [0, 0.05) is 25.7 Å². The molecule has 19 heteroatoms. The molecule has 0 spiro atoms. The van der Waals surface area contributed by atoms with Gasteiger partial charge in [-0.1, -0.05) is 336 Å². The largest absolute Gasteiger partial charge is 0.472 e. The van der Waals surface area contributed by atoms with Crippen LogP contribution in [0.1, 0.15) is 388 Å². The average molecular weight is 1370 g/mol. The zero-order chi connectivity index (χ0) is 68.4. The molecule has 0 bridgehead atoms. The fraction of sp³-hybridized carbons (Fsp3) is 0.946. The second kappa shape index (κ2) is 67.3. The third-order valence-corrected chi connectivity index (χ3v) is 19.2. The van der Waals surface area contributed by atoms with Gasteiger partial charge in [0.2, 0.25) is 0 Å². The number of carbonyl (C=O) groups excluding carboxylic acids is 4. The SMILES string of the molecule is CCCCCCCCCCCCCC(=O)OC[C@H](COP(=O)(O)OC[C@@H](O)COP(=O)(O)OC[C@@H](COC(=O)CCCCCCCCCCCC)OC(=O)CCCCCCCCCCCCC)OC(=O)CCCCCCCCCCCCCCCCCCCCC(C)C. The summed E-state index contributed by atoms with van der Waals surface area (Å²) in [5.41, 5.74) is 0. The Morgan fingerprint density at radius 3 is 0.731 bits per heavy atom. The minimum atomic E-state index is -4.95. The van der Waals surface area contributed by atoms with Crippen LogP contribution in [-0.4, -0.2) is 96.7 Å². The number of esters is 4. The Kier molecular flexibility index (Phi) is 65.9. The molecule has 0 fully saturated rings. The number of rotatable bonds is 74. The van der Waals surface area contributed by atoms with Crippen molar-refractivity contribution in [1.29, 1.82) is 0 Å². The van der Waals surface area contributed by atoms with Gasteiger partial charge < -0.3 is 33.8 Å². The van der Waals surface area contributed by atoms with E-state index >= 15 is 0 Å². The summed E-state index contributed by atoms with van der Waals surface area (Å²) in [5.74, 6) is -1.30. The minimum absolute atomic E-state index is 0.107. The quantitative estimate of drug-likeness (QED) is 0.0222.